The molecule has 1 unspecified atom stereocenters. The second-order valence-electron chi connectivity index (χ2n) is 7.28. The van der Waals surface area contributed by atoms with Gasteiger partial charge in [0.1, 0.15) is 5.75 Å². The highest BCUT2D eigenvalue weighted by molar-refractivity contribution is 7.89. The van der Waals surface area contributed by atoms with Crippen molar-refractivity contribution in [3.8, 4) is 5.75 Å². The van der Waals surface area contributed by atoms with Crippen molar-refractivity contribution < 1.29 is 36.3 Å². The Morgan fingerprint density at radius 3 is 2.47 bits per heavy atom. The smallest absolute Gasteiger partial charge is 0.387 e. The van der Waals surface area contributed by atoms with Gasteiger partial charge in [0.25, 0.3) is 5.91 Å². The van der Waals surface area contributed by atoms with Crippen LogP contribution in [0, 0.1) is 6.92 Å². The first-order valence-electron chi connectivity index (χ1n) is 9.75. The number of amides is 1. The molecule has 1 atom stereocenters. The Bertz CT molecular complexity index is 1120. The number of esters is 1. The number of sulfonamides is 1. The van der Waals surface area contributed by atoms with E-state index in [0.29, 0.717) is 5.56 Å². The summed E-state index contributed by atoms with van der Waals surface area (Å²) in [6.07, 6.45) is 0.224. The predicted molar refractivity (Wildman–Crippen MR) is 111 cm³/mol. The van der Waals surface area contributed by atoms with Crippen LogP contribution in [0.4, 0.5) is 14.5 Å². The lowest BCUT2D eigenvalue weighted by Crippen LogP contribution is -2.30. The van der Waals surface area contributed by atoms with Crippen LogP contribution in [0.3, 0.4) is 0 Å². The van der Waals surface area contributed by atoms with Crippen LogP contribution in [-0.4, -0.2) is 39.1 Å². The Morgan fingerprint density at radius 1 is 1.12 bits per heavy atom. The highest BCUT2D eigenvalue weighted by Gasteiger charge is 2.29. The van der Waals surface area contributed by atoms with Gasteiger partial charge in [0.2, 0.25) is 10.0 Å². The third kappa shape index (κ3) is 6.01. The number of carbonyl (C=O) groups is 2. The summed E-state index contributed by atoms with van der Waals surface area (Å²) < 4.78 is 62.0. The number of ether oxygens (including phenoxy) is 2. The molecule has 2 aromatic carbocycles. The molecule has 0 bridgehead atoms. The molecule has 32 heavy (non-hydrogen) atoms. The number of carbonyl (C=O) groups excluding carboxylic acids is 2. The van der Waals surface area contributed by atoms with E-state index in [9.17, 15) is 26.8 Å². The number of hydrogen-bond donors (Lipinski definition) is 2. The summed E-state index contributed by atoms with van der Waals surface area (Å²) >= 11 is 0. The summed E-state index contributed by atoms with van der Waals surface area (Å²) in [6.45, 7) is -0.178. The van der Waals surface area contributed by atoms with Gasteiger partial charge in [-0.1, -0.05) is 18.2 Å². The first-order valence-corrected chi connectivity index (χ1v) is 11.2. The number of para-hydroxylation sites is 2. The zero-order valence-electron chi connectivity index (χ0n) is 17.3. The second-order valence-corrected chi connectivity index (χ2v) is 9.00. The number of hydrogen-bond acceptors (Lipinski definition) is 6. The van der Waals surface area contributed by atoms with Gasteiger partial charge in [-0.2, -0.15) is 8.78 Å². The molecule has 2 aromatic rings. The lowest BCUT2D eigenvalue weighted by atomic mass is 10.1. The van der Waals surface area contributed by atoms with E-state index in [4.69, 9.17) is 4.74 Å². The largest absolute Gasteiger partial charge is 0.449 e. The molecule has 0 saturated heterocycles. The average molecular weight is 468 g/mol. The van der Waals surface area contributed by atoms with Crippen LogP contribution in [0.15, 0.2) is 47.4 Å². The standard InChI is InChI=1S/C21H22F2N2O6S/c1-12-7-10-15(32(28,29)25-14-8-9-14)11-16(12)20(27)30-13(2)19(26)24-17-5-3-4-6-18(17)31-21(22)23/h3-7,10-11,13-14,21,25H,8-9H2,1-2H3,(H,24,26). The second kappa shape index (κ2) is 9.61. The third-order valence-corrected chi connectivity index (χ3v) is 6.17. The molecule has 1 aliphatic rings. The van der Waals surface area contributed by atoms with E-state index in [1.165, 1.54) is 49.4 Å². The van der Waals surface area contributed by atoms with Crippen molar-refractivity contribution in [3.05, 3.63) is 53.6 Å². The van der Waals surface area contributed by atoms with Crippen LogP contribution in [0.2, 0.25) is 0 Å². The molecule has 0 radical (unpaired) electrons. The number of anilines is 1. The molecule has 1 amide bonds. The summed E-state index contributed by atoms with van der Waals surface area (Å²) in [5.41, 5.74) is 0.435. The maximum atomic E-state index is 12.6. The molecule has 1 fully saturated rings. The Labute approximate surface area is 184 Å². The van der Waals surface area contributed by atoms with Gasteiger partial charge in [-0.05, 0) is 56.5 Å². The highest BCUT2D eigenvalue weighted by Crippen LogP contribution is 2.26. The normalized spacial score (nSPS) is 14.7. The molecule has 0 heterocycles. The van der Waals surface area contributed by atoms with Crippen molar-refractivity contribution in [1.29, 1.82) is 0 Å². The van der Waals surface area contributed by atoms with E-state index >= 15 is 0 Å². The fourth-order valence-electron chi connectivity index (χ4n) is 2.76. The summed E-state index contributed by atoms with van der Waals surface area (Å²) in [6, 6.07) is 9.52. The molecule has 172 valence electrons. The number of nitrogens with one attached hydrogen (secondary N) is 2. The molecular weight excluding hydrogens is 446 g/mol. The zero-order valence-corrected chi connectivity index (χ0v) is 18.1. The van der Waals surface area contributed by atoms with Crippen LogP contribution in [0.1, 0.15) is 35.7 Å². The Balaban J connectivity index is 1.70. The maximum Gasteiger partial charge on any atom is 0.387 e. The SMILES string of the molecule is Cc1ccc(S(=O)(=O)NC2CC2)cc1C(=O)OC(C)C(=O)Nc1ccccc1OC(F)F. The van der Waals surface area contributed by atoms with Crippen molar-refractivity contribution in [1.82, 2.24) is 4.72 Å². The van der Waals surface area contributed by atoms with Gasteiger partial charge < -0.3 is 14.8 Å². The number of rotatable bonds is 9. The molecule has 1 saturated carbocycles. The summed E-state index contributed by atoms with van der Waals surface area (Å²) in [5, 5.41) is 2.37. The maximum absolute atomic E-state index is 12.6. The summed E-state index contributed by atoms with van der Waals surface area (Å²) in [7, 11) is -3.78. The Morgan fingerprint density at radius 2 is 1.81 bits per heavy atom. The monoisotopic (exact) mass is 468 g/mol. The van der Waals surface area contributed by atoms with Crippen LogP contribution in [0.25, 0.3) is 0 Å². The topological polar surface area (TPSA) is 111 Å². The van der Waals surface area contributed by atoms with E-state index < -0.39 is 34.6 Å². The van der Waals surface area contributed by atoms with Crippen molar-refractivity contribution in [2.24, 2.45) is 0 Å². The van der Waals surface area contributed by atoms with E-state index in [-0.39, 0.29) is 27.9 Å². The lowest BCUT2D eigenvalue weighted by molar-refractivity contribution is -0.123. The van der Waals surface area contributed by atoms with Crippen molar-refractivity contribution in [2.45, 2.75) is 50.3 Å². The van der Waals surface area contributed by atoms with Crippen molar-refractivity contribution >= 4 is 27.6 Å². The fourth-order valence-corrected chi connectivity index (χ4v) is 4.09. The number of benzene rings is 2. The van der Waals surface area contributed by atoms with Gasteiger partial charge in [0, 0.05) is 6.04 Å². The molecule has 0 aliphatic heterocycles. The third-order valence-electron chi connectivity index (χ3n) is 4.65. The quantitative estimate of drug-likeness (QED) is 0.547. The predicted octanol–water partition coefficient (Wildman–Crippen LogP) is 3.22. The summed E-state index contributed by atoms with van der Waals surface area (Å²) in [4.78, 5) is 25.0. The van der Waals surface area contributed by atoms with Crippen molar-refractivity contribution in [3.63, 3.8) is 0 Å². The Kier molecular flexibility index (Phi) is 7.09. The van der Waals surface area contributed by atoms with Gasteiger partial charge in [-0.15, -0.1) is 0 Å². The van der Waals surface area contributed by atoms with Gasteiger partial charge in [0.15, 0.2) is 6.10 Å². The van der Waals surface area contributed by atoms with E-state index in [1.54, 1.807) is 6.92 Å². The highest BCUT2D eigenvalue weighted by atomic mass is 32.2. The molecule has 0 spiro atoms. The van der Waals surface area contributed by atoms with E-state index in [2.05, 4.69) is 14.8 Å². The van der Waals surface area contributed by atoms with Gasteiger partial charge >= 0.3 is 12.6 Å². The first kappa shape index (κ1) is 23.6. The van der Waals surface area contributed by atoms with Crippen LogP contribution in [0.5, 0.6) is 5.75 Å². The number of alkyl halides is 2. The Hall–Kier alpha value is -3.05. The minimum Gasteiger partial charge on any atom is -0.449 e. The van der Waals surface area contributed by atoms with Gasteiger partial charge in [-0.25, -0.2) is 17.9 Å². The fraction of sp³-hybridized carbons (Fsp3) is 0.333. The first-order chi connectivity index (χ1) is 15.1. The molecular formula is C21H22F2N2O6S. The lowest BCUT2D eigenvalue weighted by Gasteiger charge is -2.16. The van der Waals surface area contributed by atoms with Gasteiger partial charge in [-0.3, -0.25) is 4.79 Å². The van der Waals surface area contributed by atoms with Crippen LogP contribution in [-0.2, 0) is 19.6 Å². The van der Waals surface area contributed by atoms with Crippen LogP contribution >= 0.6 is 0 Å². The zero-order chi connectivity index (χ0) is 23.5. The van der Waals surface area contributed by atoms with Crippen LogP contribution < -0.4 is 14.8 Å². The molecule has 11 heteroatoms. The van der Waals surface area contributed by atoms with Crippen molar-refractivity contribution in [2.75, 3.05) is 5.32 Å². The van der Waals surface area contributed by atoms with Gasteiger partial charge in [0.05, 0.1) is 16.1 Å². The number of halogens is 2. The van der Waals surface area contributed by atoms with E-state index in [0.717, 1.165) is 12.8 Å². The molecule has 1 aliphatic carbocycles. The molecule has 2 N–H and O–H groups in total. The number of aryl methyl sites for hydroxylation is 1. The summed E-state index contributed by atoms with van der Waals surface area (Å²) in [5.74, 6) is -1.92. The molecule has 0 aromatic heterocycles. The molecule has 3 rings (SSSR count). The average Bonchev–Trinajstić information content (AvgIpc) is 3.52. The molecule has 8 nitrogen and oxygen atoms in total. The minimum absolute atomic E-state index is 0.00949. The minimum atomic E-state index is -3.78. The van der Waals surface area contributed by atoms with E-state index in [1.807, 2.05) is 0 Å².